The second-order valence-corrected chi connectivity index (χ2v) is 3.86. The van der Waals surface area contributed by atoms with Crippen LogP contribution in [0.15, 0.2) is 17.1 Å². The molecule has 3 heterocycles. The zero-order valence-electron chi connectivity index (χ0n) is 9.58. The second-order valence-electron chi connectivity index (χ2n) is 3.86. The molecule has 0 saturated heterocycles. The maximum atomic E-state index is 12.2. The first-order valence-electron chi connectivity index (χ1n) is 5.34. The van der Waals surface area contributed by atoms with Gasteiger partial charge in [-0.25, -0.2) is 0 Å². The Kier molecular flexibility index (Phi) is 1.80. The zero-order chi connectivity index (χ0) is 12.2. The average Bonchev–Trinajstić information content (AvgIpc) is 2.87. The van der Waals surface area contributed by atoms with E-state index in [0.717, 1.165) is 5.65 Å². The van der Waals surface area contributed by atoms with Crippen molar-refractivity contribution in [2.24, 2.45) is 7.05 Å². The summed E-state index contributed by atoms with van der Waals surface area (Å²) in [6, 6.07) is 1.79. The molecule has 0 bridgehead atoms. The smallest absolute Gasteiger partial charge is 0.287 e. The number of hydrogen-bond acceptors (Lipinski definition) is 4. The minimum atomic E-state index is -0.227. The second kappa shape index (κ2) is 3.09. The lowest BCUT2D eigenvalue weighted by atomic mass is 10.3. The van der Waals surface area contributed by atoms with Crippen molar-refractivity contribution in [3.05, 3.63) is 22.6 Å². The van der Waals surface area contributed by atoms with E-state index in [9.17, 15) is 4.79 Å². The quantitative estimate of drug-likeness (QED) is 0.639. The molecule has 0 radical (unpaired) electrons. The number of nitrogens with two attached hydrogens (primary N) is 1. The molecular formula is C10H12N6O. The van der Waals surface area contributed by atoms with Gasteiger partial charge >= 0.3 is 0 Å². The van der Waals surface area contributed by atoms with Gasteiger partial charge in [-0.1, -0.05) is 0 Å². The monoisotopic (exact) mass is 232 g/mol. The predicted molar refractivity (Wildman–Crippen MR) is 63.8 cm³/mol. The van der Waals surface area contributed by atoms with Gasteiger partial charge in [0.2, 0.25) is 0 Å². The zero-order valence-corrected chi connectivity index (χ0v) is 9.58. The minimum absolute atomic E-state index is 0.227. The van der Waals surface area contributed by atoms with Crippen LogP contribution in [0.3, 0.4) is 0 Å². The molecule has 88 valence electrons. The summed E-state index contributed by atoms with van der Waals surface area (Å²) >= 11 is 0. The van der Waals surface area contributed by atoms with Gasteiger partial charge < -0.3 is 10.3 Å². The average molecular weight is 232 g/mol. The Balaban J connectivity index is 2.71. The van der Waals surface area contributed by atoms with Gasteiger partial charge in [-0.3, -0.25) is 9.48 Å². The molecule has 0 aliphatic carbocycles. The SMILES string of the molecule is CCn1c2nn(C)c(N)c2c(=O)n2nccc12. The fraction of sp³-hybridized carbons (Fsp3) is 0.300. The molecule has 0 aromatic carbocycles. The van der Waals surface area contributed by atoms with Crippen LogP contribution in [0.4, 0.5) is 5.82 Å². The highest BCUT2D eigenvalue weighted by molar-refractivity contribution is 5.87. The van der Waals surface area contributed by atoms with Crippen LogP contribution >= 0.6 is 0 Å². The van der Waals surface area contributed by atoms with Crippen molar-refractivity contribution in [1.82, 2.24) is 24.0 Å². The van der Waals surface area contributed by atoms with Crippen LogP contribution in [0, 0.1) is 0 Å². The normalized spacial score (nSPS) is 11.6. The highest BCUT2D eigenvalue weighted by atomic mass is 16.1. The van der Waals surface area contributed by atoms with Crippen molar-refractivity contribution < 1.29 is 0 Å². The maximum Gasteiger partial charge on any atom is 0.287 e. The first-order valence-corrected chi connectivity index (χ1v) is 5.34. The number of anilines is 1. The summed E-state index contributed by atoms with van der Waals surface area (Å²) in [7, 11) is 1.72. The Morgan fingerprint density at radius 3 is 2.94 bits per heavy atom. The predicted octanol–water partition coefficient (Wildman–Crippen LogP) is -0.0152. The van der Waals surface area contributed by atoms with Crippen LogP contribution in [0.2, 0.25) is 0 Å². The molecule has 0 fully saturated rings. The van der Waals surface area contributed by atoms with E-state index in [1.807, 2.05) is 11.5 Å². The molecule has 3 rings (SSSR count). The van der Waals surface area contributed by atoms with E-state index < -0.39 is 0 Å². The highest BCUT2D eigenvalue weighted by Crippen LogP contribution is 2.17. The fourth-order valence-electron chi connectivity index (χ4n) is 2.10. The van der Waals surface area contributed by atoms with E-state index in [-0.39, 0.29) is 5.56 Å². The highest BCUT2D eigenvalue weighted by Gasteiger charge is 2.17. The Hall–Kier alpha value is -2.31. The molecule has 7 heteroatoms. The summed E-state index contributed by atoms with van der Waals surface area (Å²) in [6.45, 7) is 2.68. The van der Waals surface area contributed by atoms with E-state index in [1.165, 1.54) is 9.20 Å². The molecule has 0 aliphatic heterocycles. The molecular weight excluding hydrogens is 220 g/mol. The van der Waals surface area contributed by atoms with Gasteiger partial charge in [-0.05, 0) is 6.92 Å². The largest absolute Gasteiger partial charge is 0.383 e. The van der Waals surface area contributed by atoms with Crippen LogP contribution < -0.4 is 11.3 Å². The van der Waals surface area contributed by atoms with Crippen LogP contribution in [0.1, 0.15) is 6.92 Å². The third kappa shape index (κ3) is 1.08. The topological polar surface area (TPSA) is 83.1 Å². The molecule has 3 aromatic rings. The summed E-state index contributed by atoms with van der Waals surface area (Å²) < 4.78 is 4.78. The van der Waals surface area contributed by atoms with Crippen molar-refractivity contribution in [1.29, 1.82) is 0 Å². The van der Waals surface area contributed by atoms with Crippen LogP contribution in [-0.4, -0.2) is 24.0 Å². The van der Waals surface area contributed by atoms with Crippen LogP contribution in [0.25, 0.3) is 16.7 Å². The molecule has 0 amide bonds. The molecule has 0 saturated carbocycles. The van der Waals surface area contributed by atoms with E-state index in [1.54, 1.807) is 19.3 Å². The summed E-state index contributed by atoms with van der Waals surface area (Å²) in [4.78, 5) is 12.2. The number of rotatable bonds is 1. The minimum Gasteiger partial charge on any atom is -0.383 e. The van der Waals surface area contributed by atoms with Crippen molar-refractivity contribution in [3.8, 4) is 0 Å². The maximum absolute atomic E-state index is 12.2. The number of aryl methyl sites for hydroxylation is 2. The molecule has 2 N–H and O–H groups in total. The molecule has 0 aliphatic rings. The van der Waals surface area contributed by atoms with E-state index in [4.69, 9.17) is 5.73 Å². The van der Waals surface area contributed by atoms with Crippen molar-refractivity contribution >= 4 is 22.5 Å². The molecule has 3 aromatic heterocycles. The van der Waals surface area contributed by atoms with E-state index >= 15 is 0 Å². The molecule has 7 nitrogen and oxygen atoms in total. The lowest BCUT2D eigenvalue weighted by Gasteiger charge is -2.05. The number of fused-ring (bicyclic) bond motifs is 2. The van der Waals surface area contributed by atoms with Gasteiger partial charge in [0.15, 0.2) is 5.65 Å². The summed E-state index contributed by atoms with van der Waals surface area (Å²) in [5.74, 6) is 0.365. The first-order chi connectivity index (χ1) is 8.15. The lowest BCUT2D eigenvalue weighted by Crippen LogP contribution is -2.19. The first kappa shape index (κ1) is 9.88. The third-order valence-electron chi connectivity index (χ3n) is 2.95. The Bertz CT molecular complexity index is 777. The van der Waals surface area contributed by atoms with Crippen LogP contribution in [0.5, 0.6) is 0 Å². The third-order valence-corrected chi connectivity index (χ3v) is 2.95. The van der Waals surface area contributed by atoms with Gasteiger partial charge in [0.05, 0.1) is 6.20 Å². The van der Waals surface area contributed by atoms with Crippen molar-refractivity contribution in [2.45, 2.75) is 13.5 Å². The van der Waals surface area contributed by atoms with Gasteiger partial charge in [-0.15, -0.1) is 0 Å². The van der Waals surface area contributed by atoms with E-state index in [0.29, 0.717) is 23.4 Å². The van der Waals surface area contributed by atoms with Crippen molar-refractivity contribution in [2.75, 3.05) is 5.73 Å². The van der Waals surface area contributed by atoms with Gasteiger partial charge in [0.25, 0.3) is 5.56 Å². The summed E-state index contributed by atoms with van der Waals surface area (Å²) in [6.07, 6.45) is 1.60. The fourth-order valence-corrected chi connectivity index (χ4v) is 2.10. The number of nitrogens with zero attached hydrogens (tertiary/aromatic N) is 5. The van der Waals surface area contributed by atoms with Gasteiger partial charge in [0, 0.05) is 19.7 Å². The standard InChI is InChI=1S/C10H12N6O/c1-3-15-6-4-5-12-16(6)10(17)7-8(11)14(2)13-9(7)15/h4-5H,3,11H2,1-2H3. The van der Waals surface area contributed by atoms with Crippen LogP contribution in [-0.2, 0) is 13.6 Å². The number of nitrogen functional groups attached to an aromatic ring is 1. The Morgan fingerprint density at radius 2 is 2.24 bits per heavy atom. The van der Waals surface area contributed by atoms with Gasteiger partial charge in [-0.2, -0.15) is 14.7 Å². The van der Waals surface area contributed by atoms with Gasteiger partial charge in [0.1, 0.15) is 16.9 Å². The Morgan fingerprint density at radius 1 is 1.47 bits per heavy atom. The van der Waals surface area contributed by atoms with E-state index in [2.05, 4.69) is 10.2 Å². The Labute approximate surface area is 96.1 Å². The number of hydrogen-bond donors (Lipinski definition) is 1. The lowest BCUT2D eigenvalue weighted by molar-refractivity contribution is 0.735. The molecule has 17 heavy (non-hydrogen) atoms. The molecule has 0 atom stereocenters. The summed E-state index contributed by atoms with van der Waals surface area (Å²) in [5.41, 5.74) is 6.97. The molecule has 0 spiro atoms. The summed E-state index contributed by atoms with van der Waals surface area (Å²) in [5, 5.41) is 8.73. The van der Waals surface area contributed by atoms with Crippen molar-refractivity contribution in [3.63, 3.8) is 0 Å². The molecule has 0 unspecified atom stereocenters. The number of aromatic nitrogens is 5.